The van der Waals surface area contributed by atoms with Crippen molar-refractivity contribution in [3.63, 3.8) is 0 Å². The Bertz CT molecular complexity index is 465. The molecule has 0 radical (unpaired) electrons. The first kappa shape index (κ1) is 11.7. The number of methoxy groups -OCH3 is 1. The topological polar surface area (TPSA) is 46.5 Å². The van der Waals surface area contributed by atoms with Gasteiger partial charge in [0, 0.05) is 0 Å². The normalized spacial score (nSPS) is 33.7. The van der Waals surface area contributed by atoms with Gasteiger partial charge in [-0.05, 0) is 55.2 Å². The Morgan fingerprint density at radius 1 is 1.33 bits per heavy atom. The minimum absolute atomic E-state index is 0.332. The molecule has 18 heavy (non-hydrogen) atoms. The van der Waals surface area contributed by atoms with Gasteiger partial charge in [-0.3, -0.25) is 0 Å². The molecule has 1 aromatic carbocycles. The van der Waals surface area contributed by atoms with E-state index in [0.29, 0.717) is 17.4 Å². The van der Waals surface area contributed by atoms with Crippen LogP contribution in [0, 0.1) is 11.8 Å². The van der Waals surface area contributed by atoms with Crippen LogP contribution in [0.15, 0.2) is 24.3 Å². The lowest BCUT2D eigenvalue weighted by atomic mass is 9.79. The number of ether oxygens (including phenoxy) is 1. The molecule has 3 rings (SSSR count). The van der Waals surface area contributed by atoms with Crippen LogP contribution < -0.4 is 0 Å². The molecular formula is C15H18O3. The SMILES string of the molecule is COC(=O)c1ccc(C2(O)CC3CCC2C3)cc1. The van der Waals surface area contributed by atoms with Crippen molar-refractivity contribution in [2.45, 2.75) is 31.3 Å². The van der Waals surface area contributed by atoms with Crippen molar-refractivity contribution in [2.24, 2.45) is 11.8 Å². The Morgan fingerprint density at radius 2 is 2.06 bits per heavy atom. The van der Waals surface area contributed by atoms with Crippen LogP contribution in [0.25, 0.3) is 0 Å². The van der Waals surface area contributed by atoms with Gasteiger partial charge in [0.1, 0.15) is 0 Å². The van der Waals surface area contributed by atoms with E-state index in [0.717, 1.165) is 24.8 Å². The largest absolute Gasteiger partial charge is 0.465 e. The van der Waals surface area contributed by atoms with Gasteiger partial charge in [-0.25, -0.2) is 4.79 Å². The summed E-state index contributed by atoms with van der Waals surface area (Å²) in [5.41, 5.74) is 0.813. The quantitative estimate of drug-likeness (QED) is 0.815. The van der Waals surface area contributed by atoms with Crippen molar-refractivity contribution >= 4 is 5.97 Å². The number of fused-ring (bicyclic) bond motifs is 2. The lowest BCUT2D eigenvalue weighted by Crippen LogP contribution is -2.32. The lowest BCUT2D eigenvalue weighted by molar-refractivity contribution is -0.0182. The molecular weight excluding hydrogens is 228 g/mol. The molecule has 2 aliphatic rings. The van der Waals surface area contributed by atoms with Gasteiger partial charge in [-0.15, -0.1) is 0 Å². The average Bonchev–Trinajstić information content (AvgIpc) is 2.98. The van der Waals surface area contributed by atoms with Crippen molar-refractivity contribution in [3.05, 3.63) is 35.4 Å². The van der Waals surface area contributed by atoms with E-state index in [-0.39, 0.29) is 5.97 Å². The Morgan fingerprint density at radius 3 is 2.56 bits per heavy atom. The maximum absolute atomic E-state index is 11.4. The summed E-state index contributed by atoms with van der Waals surface area (Å²) in [5.74, 6) is 0.744. The summed E-state index contributed by atoms with van der Waals surface area (Å²) in [6.07, 6.45) is 4.40. The Balaban J connectivity index is 1.87. The first-order valence-corrected chi connectivity index (χ1v) is 6.54. The molecule has 3 atom stereocenters. The highest BCUT2D eigenvalue weighted by Gasteiger charge is 2.50. The minimum Gasteiger partial charge on any atom is -0.465 e. The first-order chi connectivity index (χ1) is 8.63. The van der Waals surface area contributed by atoms with Crippen LogP contribution in [-0.2, 0) is 10.3 Å². The highest BCUT2D eigenvalue weighted by Crippen LogP contribution is 2.55. The summed E-state index contributed by atoms with van der Waals surface area (Å²) in [4.78, 5) is 11.4. The monoisotopic (exact) mass is 246 g/mol. The summed E-state index contributed by atoms with van der Waals surface area (Å²) in [5, 5.41) is 10.8. The lowest BCUT2D eigenvalue weighted by Gasteiger charge is -2.33. The van der Waals surface area contributed by atoms with Crippen LogP contribution in [-0.4, -0.2) is 18.2 Å². The predicted octanol–water partition coefficient (Wildman–Crippen LogP) is 2.48. The fraction of sp³-hybridized carbons (Fsp3) is 0.533. The number of hydrogen-bond acceptors (Lipinski definition) is 3. The minimum atomic E-state index is -0.669. The summed E-state index contributed by atoms with van der Waals surface area (Å²) in [6, 6.07) is 7.22. The van der Waals surface area contributed by atoms with Crippen LogP contribution in [0.5, 0.6) is 0 Å². The van der Waals surface area contributed by atoms with Crippen LogP contribution in [0.1, 0.15) is 41.6 Å². The van der Waals surface area contributed by atoms with Gasteiger partial charge in [0.05, 0.1) is 18.3 Å². The molecule has 0 aliphatic heterocycles. The fourth-order valence-electron chi connectivity index (χ4n) is 3.67. The van der Waals surface area contributed by atoms with Gasteiger partial charge in [0.2, 0.25) is 0 Å². The highest BCUT2D eigenvalue weighted by molar-refractivity contribution is 5.89. The van der Waals surface area contributed by atoms with Crippen molar-refractivity contribution < 1.29 is 14.6 Å². The number of hydrogen-bond donors (Lipinski definition) is 1. The third-order valence-corrected chi connectivity index (χ3v) is 4.62. The van der Waals surface area contributed by atoms with Crippen LogP contribution in [0.3, 0.4) is 0 Å². The van der Waals surface area contributed by atoms with E-state index in [4.69, 9.17) is 0 Å². The zero-order chi connectivity index (χ0) is 12.8. The summed E-state index contributed by atoms with van der Waals surface area (Å²) in [6.45, 7) is 0. The molecule has 1 aromatic rings. The van der Waals surface area contributed by atoms with E-state index in [1.54, 1.807) is 12.1 Å². The summed E-state index contributed by atoms with van der Waals surface area (Å²) < 4.78 is 4.67. The zero-order valence-corrected chi connectivity index (χ0v) is 10.6. The van der Waals surface area contributed by atoms with Crippen LogP contribution in [0.4, 0.5) is 0 Å². The molecule has 3 heteroatoms. The Kier molecular flexibility index (Phi) is 2.67. The molecule has 3 unspecified atom stereocenters. The van der Waals surface area contributed by atoms with Crippen LogP contribution >= 0.6 is 0 Å². The molecule has 3 nitrogen and oxygen atoms in total. The second-order valence-electron chi connectivity index (χ2n) is 5.57. The molecule has 0 aromatic heterocycles. The molecule has 1 N–H and O–H groups in total. The molecule has 0 amide bonds. The second-order valence-corrected chi connectivity index (χ2v) is 5.57. The van der Waals surface area contributed by atoms with Gasteiger partial charge >= 0.3 is 5.97 Å². The number of rotatable bonds is 2. The van der Waals surface area contributed by atoms with E-state index in [1.165, 1.54) is 13.5 Å². The van der Waals surface area contributed by atoms with E-state index >= 15 is 0 Å². The smallest absolute Gasteiger partial charge is 0.337 e. The van der Waals surface area contributed by atoms with Crippen LogP contribution in [0.2, 0.25) is 0 Å². The summed E-state index contributed by atoms with van der Waals surface area (Å²) >= 11 is 0. The highest BCUT2D eigenvalue weighted by atomic mass is 16.5. The van der Waals surface area contributed by atoms with E-state index in [9.17, 15) is 9.90 Å². The standard InChI is InChI=1S/C15H18O3/c1-18-14(16)11-3-6-12(7-4-11)15(17)9-10-2-5-13(15)8-10/h3-4,6-7,10,13,17H,2,5,8-9H2,1H3. The van der Waals surface area contributed by atoms with Crippen molar-refractivity contribution in [1.29, 1.82) is 0 Å². The van der Waals surface area contributed by atoms with Gasteiger partial charge in [0.15, 0.2) is 0 Å². The summed E-state index contributed by atoms with van der Waals surface area (Å²) in [7, 11) is 1.37. The molecule has 0 heterocycles. The molecule has 0 spiro atoms. The maximum Gasteiger partial charge on any atom is 0.337 e. The molecule has 2 saturated carbocycles. The third-order valence-electron chi connectivity index (χ3n) is 4.62. The Labute approximate surface area is 107 Å². The van der Waals surface area contributed by atoms with E-state index in [2.05, 4.69) is 4.74 Å². The second kappa shape index (κ2) is 4.09. The first-order valence-electron chi connectivity index (χ1n) is 6.54. The number of carbonyl (C=O) groups is 1. The van der Waals surface area contributed by atoms with Gasteiger partial charge < -0.3 is 9.84 Å². The number of benzene rings is 1. The molecule has 2 fully saturated rings. The van der Waals surface area contributed by atoms with Gasteiger partial charge in [-0.1, -0.05) is 12.1 Å². The maximum atomic E-state index is 11.4. The van der Waals surface area contributed by atoms with Crippen molar-refractivity contribution in [3.8, 4) is 0 Å². The number of carbonyl (C=O) groups excluding carboxylic acids is 1. The van der Waals surface area contributed by atoms with Crippen molar-refractivity contribution in [1.82, 2.24) is 0 Å². The average molecular weight is 246 g/mol. The number of esters is 1. The zero-order valence-electron chi connectivity index (χ0n) is 10.6. The molecule has 2 aliphatic carbocycles. The third kappa shape index (κ3) is 1.65. The Hall–Kier alpha value is -1.35. The fourth-order valence-corrected chi connectivity index (χ4v) is 3.67. The van der Waals surface area contributed by atoms with Gasteiger partial charge in [-0.2, -0.15) is 0 Å². The molecule has 2 bridgehead atoms. The van der Waals surface area contributed by atoms with E-state index < -0.39 is 5.60 Å². The van der Waals surface area contributed by atoms with Gasteiger partial charge in [0.25, 0.3) is 0 Å². The predicted molar refractivity (Wildman–Crippen MR) is 67.1 cm³/mol. The van der Waals surface area contributed by atoms with E-state index in [1.807, 2.05) is 12.1 Å². The molecule has 0 saturated heterocycles. The number of aliphatic hydroxyl groups is 1. The van der Waals surface area contributed by atoms with Crippen molar-refractivity contribution in [2.75, 3.05) is 7.11 Å². The molecule has 96 valence electrons.